The molecule has 7 rings (SSSR count). The van der Waals surface area contributed by atoms with Crippen molar-refractivity contribution in [2.75, 3.05) is 72.0 Å². The smallest absolute Gasteiger partial charge is 0.138 e. The fraction of sp³-hybridized carbons (Fsp3) is 0.611. The number of nitrogens with zero attached hydrogens (tertiary/aromatic N) is 6. The molecule has 0 amide bonds. The van der Waals surface area contributed by atoms with Gasteiger partial charge in [0.25, 0.3) is 0 Å². The van der Waals surface area contributed by atoms with Gasteiger partial charge in [-0.25, -0.2) is 9.97 Å². The Morgan fingerprint density at radius 3 is 1.33 bits per heavy atom. The van der Waals surface area contributed by atoms with Crippen molar-refractivity contribution in [3.8, 4) is 0 Å². The van der Waals surface area contributed by atoms with E-state index in [2.05, 4.69) is 57.7 Å². The summed E-state index contributed by atoms with van der Waals surface area (Å²) in [5.74, 6) is 4.83. The van der Waals surface area contributed by atoms with Gasteiger partial charge < -0.3 is 19.6 Å². The maximum absolute atomic E-state index is 5.59. The number of aromatic nitrogens is 2. The molecule has 224 valence electrons. The summed E-state index contributed by atoms with van der Waals surface area (Å²) in [6, 6.07) is 4.80. The summed E-state index contributed by atoms with van der Waals surface area (Å²) < 4.78 is 0. The van der Waals surface area contributed by atoms with Crippen LogP contribution in [0.2, 0.25) is 0 Å². The summed E-state index contributed by atoms with van der Waals surface area (Å²) in [6.07, 6.45) is 20.0. The highest BCUT2D eigenvalue weighted by atomic mass is 15.3. The van der Waals surface area contributed by atoms with Crippen LogP contribution in [0.15, 0.2) is 18.2 Å². The summed E-state index contributed by atoms with van der Waals surface area (Å²) in [4.78, 5) is 21.5. The number of benzene rings is 1. The Balaban J connectivity index is 1.56. The van der Waals surface area contributed by atoms with Gasteiger partial charge >= 0.3 is 0 Å². The lowest BCUT2D eigenvalue weighted by Crippen LogP contribution is -2.34. The van der Waals surface area contributed by atoms with Crippen molar-refractivity contribution in [3.63, 3.8) is 0 Å². The number of anilines is 4. The minimum atomic E-state index is 1.10. The van der Waals surface area contributed by atoms with E-state index in [0.29, 0.717) is 0 Å². The molecule has 6 nitrogen and oxygen atoms in total. The molecular formula is C36H50N6. The van der Waals surface area contributed by atoms with Gasteiger partial charge in [-0.3, -0.25) is 0 Å². The molecule has 4 aliphatic heterocycles. The monoisotopic (exact) mass is 566 g/mol. The third kappa shape index (κ3) is 5.09. The maximum atomic E-state index is 5.59. The van der Waals surface area contributed by atoms with Crippen LogP contribution in [0.4, 0.5) is 23.3 Å². The van der Waals surface area contributed by atoms with Gasteiger partial charge in [0.2, 0.25) is 0 Å². The highest BCUT2D eigenvalue weighted by Crippen LogP contribution is 2.45. The van der Waals surface area contributed by atoms with Crippen molar-refractivity contribution in [1.29, 1.82) is 0 Å². The van der Waals surface area contributed by atoms with Crippen LogP contribution in [-0.2, 0) is 0 Å². The minimum Gasteiger partial charge on any atom is -0.356 e. The zero-order valence-electron chi connectivity index (χ0n) is 26.1. The van der Waals surface area contributed by atoms with Gasteiger partial charge in [-0.2, -0.15) is 0 Å². The number of pyridine rings is 2. The van der Waals surface area contributed by atoms with E-state index in [-0.39, 0.29) is 0 Å². The molecule has 3 aromatic rings. The third-order valence-electron chi connectivity index (χ3n) is 10.3. The number of aryl methyl sites for hydroxylation is 1. The van der Waals surface area contributed by atoms with Crippen LogP contribution in [-0.4, -0.2) is 62.3 Å². The first-order valence-electron chi connectivity index (χ1n) is 17.2. The van der Waals surface area contributed by atoms with Gasteiger partial charge in [0.15, 0.2) is 0 Å². The Labute approximate surface area is 252 Å². The minimum absolute atomic E-state index is 1.10. The largest absolute Gasteiger partial charge is 0.356 e. The molecule has 1 aromatic carbocycles. The van der Waals surface area contributed by atoms with E-state index in [4.69, 9.17) is 9.97 Å². The van der Waals surface area contributed by atoms with Crippen molar-refractivity contribution in [2.24, 2.45) is 0 Å². The Morgan fingerprint density at radius 1 is 0.500 bits per heavy atom. The zero-order valence-corrected chi connectivity index (χ0v) is 26.1. The van der Waals surface area contributed by atoms with Crippen molar-refractivity contribution < 1.29 is 0 Å². The molecule has 0 spiro atoms. The second kappa shape index (κ2) is 12.3. The van der Waals surface area contributed by atoms with Crippen molar-refractivity contribution in [1.82, 2.24) is 9.97 Å². The summed E-state index contributed by atoms with van der Waals surface area (Å²) in [7, 11) is 0. The van der Waals surface area contributed by atoms with Crippen LogP contribution in [0.3, 0.4) is 0 Å². The highest BCUT2D eigenvalue weighted by Gasteiger charge is 2.28. The number of piperidine rings is 4. The van der Waals surface area contributed by atoms with Crippen LogP contribution in [0.5, 0.6) is 0 Å². The normalized spacial score (nSPS) is 20.8. The van der Waals surface area contributed by atoms with E-state index in [1.165, 1.54) is 133 Å². The first-order valence-corrected chi connectivity index (χ1v) is 17.2. The summed E-state index contributed by atoms with van der Waals surface area (Å²) >= 11 is 0. The van der Waals surface area contributed by atoms with Crippen molar-refractivity contribution in [2.45, 2.75) is 90.9 Å². The topological polar surface area (TPSA) is 38.7 Å². The summed E-state index contributed by atoms with van der Waals surface area (Å²) in [6.45, 7) is 13.4. The van der Waals surface area contributed by atoms with E-state index < -0.39 is 0 Å². The number of rotatable bonds is 5. The van der Waals surface area contributed by atoms with Gasteiger partial charge in [0.05, 0.1) is 0 Å². The predicted octanol–water partition coefficient (Wildman–Crippen LogP) is 8.09. The van der Waals surface area contributed by atoms with Crippen LogP contribution < -0.4 is 19.6 Å². The zero-order chi connectivity index (χ0) is 28.5. The van der Waals surface area contributed by atoms with Crippen LogP contribution >= 0.6 is 0 Å². The van der Waals surface area contributed by atoms with Crippen molar-refractivity contribution >= 4 is 50.9 Å². The molecule has 2 aromatic heterocycles. The predicted molar refractivity (Wildman–Crippen MR) is 181 cm³/mol. The number of hydrogen-bond acceptors (Lipinski definition) is 6. The molecule has 4 saturated heterocycles. The van der Waals surface area contributed by atoms with E-state index >= 15 is 0 Å². The quantitative estimate of drug-likeness (QED) is 0.291. The molecule has 0 atom stereocenters. The standard InChI is InChI=1S/C36H50N6/c1-3-16-28-32-30(36(42-25-14-7-15-26-42)38-34(28)40-21-10-5-11-22-40)18-17-29-31(32)27(2)33(39-19-8-4-9-20-39)37-35(29)41-23-12-6-13-24-41/h3,16-18H,4-15,19-26H2,1-2H3/b16-3-. The first-order chi connectivity index (χ1) is 20.7. The third-order valence-corrected chi connectivity index (χ3v) is 10.3. The van der Waals surface area contributed by atoms with Crippen molar-refractivity contribution in [3.05, 3.63) is 29.3 Å². The molecule has 0 bridgehead atoms. The highest BCUT2D eigenvalue weighted by molar-refractivity contribution is 6.20. The molecule has 4 fully saturated rings. The van der Waals surface area contributed by atoms with Crippen LogP contribution in [0, 0.1) is 6.92 Å². The number of fused-ring (bicyclic) bond motifs is 3. The van der Waals surface area contributed by atoms with Crippen LogP contribution in [0.25, 0.3) is 27.6 Å². The average molecular weight is 567 g/mol. The molecule has 0 unspecified atom stereocenters. The number of hydrogen-bond donors (Lipinski definition) is 0. The van der Waals surface area contributed by atoms with E-state index in [9.17, 15) is 0 Å². The average Bonchev–Trinajstić information content (AvgIpc) is 3.06. The lowest BCUT2D eigenvalue weighted by Gasteiger charge is -2.35. The Hall–Kier alpha value is -3.02. The Kier molecular flexibility index (Phi) is 8.14. The molecule has 4 aliphatic rings. The molecule has 0 saturated carbocycles. The lowest BCUT2D eigenvalue weighted by molar-refractivity contribution is 0.565. The number of allylic oxidation sites excluding steroid dienone is 1. The second-order valence-electron chi connectivity index (χ2n) is 13.2. The maximum Gasteiger partial charge on any atom is 0.138 e. The molecular weight excluding hydrogens is 516 g/mol. The lowest BCUT2D eigenvalue weighted by atomic mass is 9.93. The van der Waals surface area contributed by atoms with Gasteiger partial charge in [0, 0.05) is 85.0 Å². The Bertz CT molecular complexity index is 1440. The van der Waals surface area contributed by atoms with Gasteiger partial charge in [0.1, 0.15) is 23.3 Å². The van der Waals surface area contributed by atoms with Crippen LogP contribution in [0.1, 0.15) is 95.1 Å². The van der Waals surface area contributed by atoms with Gasteiger partial charge in [-0.05, 0) is 103 Å². The fourth-order valence-corrected chi connectivity index (χ4v) is 8.11. The van der Waals surface area contributed by atoms with E-state index in [0.717, 1.165) is 52.4 Å². The molecule has 0 N–H and O–H groups in total. The fourth-order valence-electron chi connectivity index (χ4n) is 8.11. The SMILES string of the molecule is C/C=C\c1c(N2CCCCC2)nc(N2CCCCC2)c2ccc3c(N4CCCCC4)nc(N4CCCCC4)c(C)c3c12. The molecule has 0 aliphatic carbocycles. The first kappa shape index (κ1) is 27.8. The summed E-state index contributed by atoms with van der Waals surface area (Å²) in [5, 5.41) is 5.46. The Morgan fingerprint density at radius 2 is 0.881 bits per heavy atom. The van der Waals surface area contributed by atoms with Gasteiger partial charge in [-0.15, -0.1) is 0 Å². The van der Waals surface area contributed by atoms with E-state index in [1.807, 2.05) is 0 Å². The molecule has 0 radical (unpaired) electrons. The molecule has 6 heteroatoms. The second-order valence-corrected chi connectivity index (χ2v) is 13.2. The molecule has 42 heavy (non-hydrogen) atoms. The van der Waals surface area contributed by atoms with Gasteiger partial charge in [-0.1, -0.05) is 12.2 Å². The molecule has 6 heterocycles. The van der Waals surface area contributed by atoms with E-state index in [1.54, 1.807) is 0 Å². The summed E-state index contributed by atoms with van der Waals surface area (Å²) in [5.41, 5.74) is 2.66.